The lowest BCUT2D eigenvalue weighted by Crippen LogP contribution is -2.44. The number of amides is 2. The summed E-state index contributed by atoms with van der Waals surface area (Å²) in [6.07, 6.45) is 3.93. The fourth-order valence-electron chi connectivity index (χ4n) is 6.33. The average Bonchev–Trinajstić information content (AvgIpc) is 3.80. The van der Waals surface area contributed by atoms with Gasteiger partial charge < -0.3 is 20.4 Å². The van der Waals surface area contributed by atoms with Crippen LogP contribution < -0.4 is 15.5 Å². The summed E-state index contributed by atoms with van der Waals surface area (Å²) in [5.41, 5.74) is 6.24. The first-order chi connectivity index (χ1) is 22.9. The van der Waals surface area contributed by atoms with E-state index in [4.69, 9.17) is 0 Å². The third kappa shape index (κ3) is 6.54. The number of aromatic nitrogens is 2. The van der Waals surface area contributed by atoms with Gasteiger partial charge in [0.25, 0.3) is 11.8 Å². The molecule has 0 aliphatic carbocycles. The summed E-state index contributed by atoms with van der Waals surface area (Å²) in [5.74, 6) is -0.283. The van der Waals surface area contributed by atoms with Crippen LogP contribution in [0.15, 0.2) is 121 Å². The van der Waals surface area contributed by atoms with E-state index in [1.807, 2.05) is 70.7 Å². The summed E-state index contributed by atoms with van der Waals surface area (Å²) in [4.78, 5) is 31.1. The van der Waals surface area contributed by atoms with Crippen molar-refractivity contribution in [2.75, 3.05) is 36.2 Å². The molecule has 8 nitrogen and oxygen atoms in total. The van der Waals surface area contributed by atoms with Crippen LogP contribution >= 0.6 is 11.3 Å². The predicted octanol–water partition coefficient (Wildman–Crippen LogP) is 7.86. The van der Waals surface area contributed by atoms with Crippen LogP contribution in [0.5, 0.6) is 0 Å². The summed E-state index contributed by atoms with van der Waals surface area (Å²) >= 11 is 1.41. The molecule has 1 aliphatic heterocycles. The van der Waals surface area contributed by atoms with Gasteiger partial charge in [-0.25, -0.2) is 4.68 Å². The summed E-state index contributed by atoms with van der Waals surface area (Å²) in [5, 5.41) is 13.3. The fraction of sp³-hybridized carbons (Fsp3) is 0.184. The van der Waals surface area contributed by atoms with Crippen LogP contribution in [-0.2, 0) is 0 Å². The molecule has 0 bridgehead atoms. The Morgan fingerprint density at radius 3 is 2.26 bits per heavy atom. The smallest absolute Gasteiger partial charge is 0.265 e. The lowest BCUT2D eigenvalue weighted by molar-refractivity contribution is 0.102. The van der Waals surface area contributed by atoms with Crippen LogP contribution in [0, 0.1) is 0 Å². The molecule has 2 amide bonds. The van der Waals surface area contributed by atoms with Crippen LogP contribution in [-0.4, -0.2) is 53.2 Å². The molecule has 1 aliphatic rings. The lowest BCUT2D eigenvalue weighted by atomic mass is 9.90. The molecule has 2 atom stereocenters. The van der Waals surface area contributed by atoms with Gasteiger partial charge in [-0.1, -0.05) is 36.4 Å². The van der Waals surface area contributed by atoms with E-state index in [0.29, 0.717) is 27.9 Å². The Balaban J connectivity index is 1.01. The zero-order valence-corrected chi connectivity index (χ0v) is 27.2. The molecule has 6 aromatic rings. The van der Waals surface area contributed by atoms with E-state index < -0.39 is 0 Å². The monoisotopic (exact) mass is 640 g/mol. The second kappa shape index (κ2) is 13.2. The maximum absolute atomic E-state index is 13.2. The van der Waals surface area contributed by atoms with E-state index in [9.17, 15) is 9.59 Å². The fourth-order valence-corrected chi connectivity index (χ4v) is 6.95. The Morgan fingerprint density at radius 2 is 1.53 bits per heavy atom. The minimum Gasteiger partial charge on any atom is -0.364 e. The van der Waals surface area contributed by atoms with E-state index in [-0.39, 0.29) is 17.9 Å². The van der Waals surface area contributed by atoms with Crippen LogP contribution in [0.25, 0.3) is 16.6 Å². The Kier molecular flexibility index (Phi) is 8.56. The molecule has 9 heteroatoms. The van der Waals surface area contributed by atoms with Crippen molar-refractivity contribution in [3.63, 3.8) is 0 Å². The van der Waals surface area contributed by atoms with Gasteiger partial charge >= 0.3 is 0 Å². The lowest BCUT2D eigenvalue weighted by Gasteiger charge is -2.43. The van der Waals surface area contributed by atoms with Crippen molar-refractivity contribution < 1.29 is 9.59 Å². The standard InChI is InChI=1S/C38H36N6O2S/c1-42(2)33-20-21-43(35(24-33)26-7-4-3-5-8-26)31-15-10-27(11-16-31)37(45)40-29-12-17-32(18-13-29)44-34-19-14-30(23-28(34)25-39-44)41-38(46)36-9-6-22-47-36/h3-19,22-23,25,33,35H,20-21,24H2,1-2H3,(H,40,45)(H,41,46). The highest BCUT2D eigenvalue weighted by atomic mass is 32.1. The summed E-state index contributed by atoms with van der Waals surface area (Å²) in [6, 6.07) is 36.5. The third-order valence-corrected chi connectivity index (χ3v) is 9.76. The van der Waals surface area contributed by atoms with Gasteiger partial charge in [-0.2, -0.15) is 5.10 Å². The predicted molar refractivity (Wildman–Crippen MR) is 191 cm³/mol. The molecule has 0 spiro atoms. The number of piperidine rings is 1. The number of benzene rings is 4. The van der Waals surface area contributed by atoms with E-state index >= 15 is 0 Å². The molecular formula is C38H36N6O2S. The molecule has 1 saturated heterocycles. The molecule has 236 valence electrons. The maximum atomic E-state index is 13.2. The third-order valence-electron chi connectivity index (χ3n) is 8.89. The van der Waals surface area contributed by atoms with Crippen molar-refractivity contribution >= 4 is 51.1 Å². The minimum absolute atomic E-state index is 0.127. The average molecular weight is 641 g/mol. The van der Waals surface area contributed by atoms with E-state index in [1.165, 1.54) is 16.9 Å². The maximum Gasteiger partial charge on any atom is 0.265 e. The minimum atomic E-state index is -0.156. The van der Waals surface area contributed by atoms with Crippen LogP contribution in [0.4, 0.5) is 17.1 Å². The van der Waals surface area contributed by atoms with Crippen LogP contribution in [0.2, 0.25) is 0 Å². The number of nitrogens with one attached hydrogen (secondary N) is 2. The van der Waals surface area contributed by atoms with E-state index in [2.05, 4.69) is 82.1 Å². The molecule has 3 heterocycles. The normalized spacial score (nSPS) is 16.4. The highest BCUT2D eigenvalue weighted by Crippen LogP contribution is 2.36. The van der Waals surface area contributed by atoms with Crippen molar-refractivity contribution in [2.24, 2.45) is 0 Å². The molecular weight excluding hydrogens is 605 g/mol. The summed E-state index contributed by atoms with van der Waals surface area (Å²) in [7, 11) is 4.32. The number of anilines is 3. The molecule has 1 fully saturated rings. The zero-order chi connectivity index (χ0) is 32.3. The van der Waals surface area contributed by atoms with Gasteiger partial charge in [0.15, 0.2) is 0 Å². The van der Waals surface area contributed by atoms with Crippen LogP contribution in [0.3, 0.4) is 0 Å². The Morgan fingerprint density at radius 1 is 0.809 bits per heavy atom. The van der Waals surface area contributed by atoms with E-state index in [1.54, 1.807) is 12.3 Å². The second-order valence-corrected chi connectivity index (χ2v) is 13.0. The molecule has 47 heavy (non-hydrogen) atoms. The highest BCUT2D eigenvalue weighted by molar-refractivity contribution is 7.12. The van der Waals surface area contributed by atoms with Crippen LogP contribution in [0.1, 0.15) is 44.5 Å². The largest absolute Gasteiger partial charge is 0.364 e. The van der Waals surface area contributed by atoms with Crippen molar-refractivity contribution in [2.45, 2.75) is 24.9 Å². The molecule has 2 N–H and O–H groups in total. The van der Waals surface area contributed by atoms with Gasteiger partial charge in [-0.3, -0.25) is 9.59 Å². The number of nitrogens with zero attached hydrogens (tertiary/aromatic N) is 4. The Hall–Kier alpha value is -5.25. The summed E-state index contributed by atoms with van der Waals surface area (Å²) < 4.78 is 1.84. The molecule has 0 saturated carbocycles. The molecule has 2 aromatic heterocycles. The quantitative estimate of drug-likeness (QED) is 0.177. The highest BCUT2D eigenvalue weighted by Gasteiger charge is 2.30. The Bertz CT molecular complexity index is 1990. The number of fused-ring (bicyclic) bond motifs is 1. The Labute approximate surface area is 278 Å². The van der Waals surface area contributed by atoms with Gasteiger partial charge in [-0.05, 0) is 111 Å². The van der Waals surface area contributed by atoms with Gasteiger partial charge in [0, 0.05) is 40.6 Å². The van der Waals surface area contributed by atoms with Crippen molar-refractivity contribution in [1.82, 2.24) is 14.7 Å². The number of hydrogen-bond donors (Lipinski definition) is 2. The second-order valence-electron chi connectivity index (χ2n) is 12.1. The number of rotatable bonds is 8. The van der Waals surface area contributed by atoms with Crippen molar-refractivity contribution in [3.8, 4) is 5.69 Å². The first kappa shape index (κ1) is 30.4. The SMILES string of the molecule is CN(C)C1CCN(c2ccc(C(=O)Nc3ccc(-n4ncc5cc(NC(=O)c6cccs6)ccc54)cc3)cc2)C(c2ccccc2)C1. The molecule has 7 rings (SSSR count). The topological polar surface area (TPSA) is 82.5 Å². The van der Waals surface area contributed by atoms with Gasteiger partial charge in [0.1, 0.15) is 0 Å². The summed E-state index contributed by atoms with van der Waals surface area (Å²) in [6.45, 7) is 0.957. The number of thiophene rings is 1. The van der Waals surface area contributed by atoms with Gasteiger partial charge in [0.2, 0.25) is 0 Å². The van der Waals surface area contributed by atoms with Crippen molar-refractivity contribution in [1.29, 1.82) is 0 Å². The number of hydrogen-bond acceptors (Lipinski definition) is 6. The van der Waals surface area contributed by atoms with Crippen molar-refractivity contribution in [3.05, 3.63) is 137 Å². The first-order valence-corrected chi connectivity index (χ1v) is 16.6. The first-order valence-electron chi connectivity index (χ1n) is 15.8. The molecule has 2 unspecified atom stereocenters. The van der Waals surface area contributed by atoms with E-state index in [0.717, 1.165) is 41.7 Å². The zero-order valence-electron chi connectivity index (χ0n) is 26.3. The molecule has 4 aromatic carbocycles. The number of carbonyl (C=O) groups excluding carboxylic acids is 2. The number of carbonyl (C=O) groups is 2. The molecule has 0 radical (unpaired) electrons. The van der Waals surface area contributed by atoms with Gasteiger partial charge in [0.05, 0.1) is 28.3 Å². The van der Waals surface area contributed by atoms with Gasteiger partial charge in [-0.15, -0.1) is 11.3 Å².